The molecule has 2 rings (SSSR count). The van der Waals surface area contributed by atoms with Gasteiger partial charge in [0.2, 0.25) is 0 Å². The van der Waals surface area contributed by atoms with Crippen LogP contribution in [-0.2, 0) is 0 Å². The highest BCUT2D eigenvalue weighted by Crippen LogP contribution is 2.16. The number of hydrogen-bond donors (Lipinski definition) is 3. The zero-order valence-electron chi connectivity index (χ0n) is 7.66. The largest absolute Gasteiger partial charge is 0.351 e. The number of aromatic nitrogens is 2. The fraction of sp³-hybridized carbons (Fsp3) is 0.111. The monoisotopic (exact) mass is 190 g/mol. The number of fused-ring (bicyclic) bond motifs is 1. The van der Waals surface area contributed by atoms with E-state index in [1.807, 2.05) is 13.0 Å². The van der Waals surface area contributed by atoms with E-state index in [1.54, 1.807) is 12.1 Å². The van der Waals surface area contributed by atoms with Crippen molar-refractivity contribution < 1.29 is 4.79 Å². The Bertz CT molecular complexity index is 489. The number of hydrogen-bond acceptors (Lipinski definition) is 2. The molecule has 0 bridgehead atoms. The van der Waals surface area contributed by atoms with Gasteiger partial charge in [0.05, 0.1) is 11.0 Å². The standard InChI is InChI=1S/C9H10N4O/c1-5-11-7-3-2-6(13-9(10)14)4-8(7)12-5/h2-4H,1H3,(H,11,12)(H3,10,13,14). The van der Waals surface area contributed by atoms with Crippen molar-refractivity contribution in [2.24, 2.45) is 5.73 Å². The van der Waals surface area contributed by atoms with Crippen LogP contribution in [0.4, 0.5) is 10.5 Å². The van der Waals surface area contributed by atoms with Gasteiger partial charge in [-0.25, -0.2) is 9.78 Å². The lowest BCUT2D eigenvalue weighted by atomic mass is 10.3. The van der Waals surface area contributed by atoms with Crippen LogP contribution in [0.1, 0.15) is 5.82 Å². The highest BCUT2D eigenvalue weighted by Gasteiger charge is 2.01. The van der Waals surface area contributed by atoms with E-state index < -0.39 is 6.03 Å². The fourth-order valence-electron chi connectivity index (χ4n) is 1.36. The summed E-state index contributed by atoms with van der Waals surface area (Å²) in [5.41, 5.74) is 7.41. The second-order valence-corrected chi connectivity index (χ2v) is 3.04. The molecule has 0 saturated carbocycles. The number of amides is 2. The first-order valence-corrected chi connectivity index (χ1v) is 4.18. The third-order valence-electron chi connectivity index (χ3n) is 1.87. The smallest absolute Gasteiger partial charge is 0.316 e. The van der Waals surface area contributed by atoms with Gasteiger partial charge in [-0.05, 0) is 25.1 Å². The summed E-state index contributed by atoms with van der Waals surface area (Å²) < 4.78 is 0. The molecule has 0 aliphatic heterocycles. The first-order chi connectivity index (χ1) is 6.65. The third-order valence-corrected chi connectivity index (χ3v) is 1.87. The van der Waals surface area contributed by atoms with E-state index in [-0.39, 0.29) is 0 Å². The second-order valence-electron chi connectivity index (χ2n) is 3.04. The number of aromatic amines is 1. The molecule has 72 valence electrons. The summed E-state index contributed by atoms with van der Waals surface area (Å²) >= 11 is 0. The van der Waals surface area contributed by atoms with Crippen LogP contribution in [0.5, 0.6) is 0 Å². The van der Waals surface area contributed by atoms with Crippen LogP contribution in [0.25, 0.3) is 11.0 Å². The van der Waals surface area contributed by atoms with E-state index >= 15 is 0 Å². The van der Waals surface area contributed by atoms with Gasteiger partial charge in [0.1, 0.15) is 5.82 Å². The van der Waals surface area contributed by atoms with Crippen LogP contribution < -0.4 is 11.1 Å². The summed E-state index contributed by atoms with van der Waals surface area (Å²) in [6.45, 7) is 1.88. The molecule has 2 amide bonds. The Morgan fingerprint density at radius 1 is 1.57 bits per heavy atom. The summed E-state index contributed by atoms with van der Waals surface area (Å²) in [4.78, 5) is 17.9. The number of aryl methyl sites for hydroxylation is 1. The minimum atomic E-state index is -0.569. The van der Waals surface area contributed by atoms with Gasteiger partial charge >= 0.3 is 6.03 Å². The number of carbonyl (C=O) groups excluding carboxylic acids is 1. The van der Waals surface area contributed by atoms with E-state index in [9.17, 15) is 4.79 Å². The van der Waals surface area contributed by atoms with Crippen molar-refractivity contribution in [3.63, 3.8) is 0 Å². The van der Waals surface area contributed by atoms with E-state index in [1.165, 1.54) is 0 Å². The minimum absolute atomic E-state index is 0.569. The van der Waals surface area contributed by atoms with Crippen LogP contribution in [-0.4, -0.2) is 16.0 Å². The Kier molecular flexibility index (Phi) is 1.85. The molecule has 2 aromatic rings. The number of primary amides is 1. The molecule has 1 aromatic carbocycles. The predicted octanol–water partition coefficient (Wildman–Crippen LogP) is 1.36. The lowest BCUT2D eigenvalue weighted by Gasteiger charge is -1.99. The first-order valence-electron chi connectivity index (χ1n) is 4.18. The van der Waals surface area contributed by atoms with Crippen molar-refractivity contribution in [3.8, 4) is 0 Å². The number of benzene rings is 1. The van der Waals surface area contributed by atoms with Crippen molar-refractivity contribution in [1.29, 1.82) is 0 Å². The molecule has 0 spiro atoms. The molecule has 14 heavy (non-hydrogen) atoms. The van der Waals surface area contributed by atoms with Gasteiger partial charge in [0.25, 0.3) is 0 Å². The Labute approximate surface area is 80.3 Å². The predicted molar refractivity (Wildman–Crippen MR) is 54.0 cm³/mol. The highest BCUT2D eigenvalue weighted by molar-refractivity contribution is 5.90. The molecule has 5 heteroatoms. The maximum Gasteiger partial charge on any atom is 0.316 e. The quantitative estimate of drug-likeness (QED) is 0.634. The SMILES string of the molecule is Cc1nc2ccc(NC(N)=O)cc2[nH]1. The van der Waals surface area contributed by atoms with E-state index in [0.29, 0.717) is 5.69 Å². The molecular weight excluding hydrogens is 180 g/mol. The zero-order chi connectivity index (χ0) is 10.1. The van der Waals surface area contributed by atoms with Crippen LogP contribution in [0.3, 0.4) is 0 Å². The number of imidazole rings is 1. The normalized spacial score (nSPS) is 10.4. The maximum absolute atomic E-state index is 10.6. The summed E-state index contributed by atoms with van der Waals surface area (Å²) in [6, 6.07) is 4.80. The second kappa shape index (κ2) is 3.02. The van der Waals surface area contributed by atoms with Gasteiger partial charge in [-0.1, -0.05) is 0 Å². The molecule has 4 N–H and O–H groups in total. The molecule has 0 aliphatic rings. The summed E-state index contributed by atoms with van der Waals surface area (Å²) in [7, 11) is 0. The fourth-order valence-corrected chi connectivity index (χ4v) is 1.36. The summed E-state index contributed by atoms with van der Waals surface area (Å²) in [5, 5.41) is 2.50. The van der Waals surface area contributed by atoms with Crippen molar-refractivity contribution in [3.05, 3.63) is 24.0 Å². The van der Waals surface area contributed by atoms with E-state index in [2.05, 4.69) is 15.3 Å². The molecule has 1 aromatic heterocycles. The molecule has 1 heterocycles. The molecule has 0 radical (unpaired) electrons. The van der Waals surface area contributed by atoms with Crippen molar-refractivity contribution in [2.45, 2.75) is 6.92 Å². The van der Waals surface area contributed by atoms with Gasteiger partial charge in [0, 0.05) is 5.69 Å². The highest BCUT2D eigenvalue weighted by atomic mass is 16.2. The average molecular weight is 190 g/mol. The Balaban J connectivity index is 2.45. The van der Waals surface area contributed by atoms with E-state index in [0.717, 1.165) is 16.9 Å². The maximum atomic E-state index is 10.6. The molecule has 0 aliphatic carbocycles. The van der Waals surface area contributed by atoms with Gasteiger partial charge in [-0.3, -0.25) is 0 Å². The number of anilines is 1. The van der Waals surface area contributed by atoms with Gasteiger partial charge in [-0.15, -0.1) is 0 Å². The molecule has 0 saturated heterocycles. The van der Waals surface area contributed by atoms with Crippen LogP contribution >= 0.6 is 0 Å². The summed E-state index contributed by atoms with van der Waals surface area (Å²) in [6.07, 6.45) is 0. The molecule has 0 fully saturated rings. The van der Waals surface area contributed by atoms with Crippen LogP contribution in [0.15, 0.2) is 18.2 Å². The topological polar surface area (TPSA) is 83.8 Å². The number of H-pyrrole nitrogens is 1. The van der Waals surface area contributed by atoms with Gasteiger partial charge in [-0.2, -0.15) is 0 Å². The molecule has 0 unspecified atom stereocenters. The Hall–Kier alpha value is -2.04. The Morgan fingerprint density at radius 2 is 2.36 bits per heavy atom. The van der Waals surface area contributed by atoms with Crippen molar-refractivity contribution in [2.75, 3.05) is 5.32 Å². The number of nitrogens with one attached hydrogen (secondary N) is 2. The molecular formula is C9H10N4O. The van der Waals surface area contributed by atoms with Gasteiger partial charge in [0.15, 0.2) is 0 Å². The van der Waals surface area contributed by atoms with E-state index in [4.69, 9.17) is 5.73 Å². The number of rotatable bonds is 1. The average Bonchev–Trinajstić information content (AvgIpc) is 2.42. The number of carbonyl (C=O) groups is 1. The van der Waals surface area contributed by atoms with Gasteiger partial charge < -0.3 is 16.0 Å². The number of urea groups is 1. The summed E-state index contributed by atoms with van der Waals surface area (Å²) in [5.74, 6) is 0.844. The van der Waals surface area contributed by atoms with Crippen molar-refractivity contribution >= 4 is 22.8 Å². The van der Waals surface area contributed by atoms with Crippen LogP contribution in [0.2, 0.25) is 0 Å². The number of nitrogens with two attached hydrogens (primary N) is 1. The third kappa shape index (κ3) is 1.52. The zero-order valence-corrected chi connectivity index (χ0v) is 7.66. The lowest BCUT2D eigenvalue weighted by Crippen LogP contribution is -2.19. The first kappa shape index (κ1) is 8.55. The molecule has 0 atom stereocenters. The van der Waals surface area contributed by atoms with Crippen LogP contribution in [0, 0.1) is 6.92 Å². The molecule has 5 nitrogen and oxygen atoms in total. The van der Waals surface area contributed by atoms with Crippen molar-refractivity contribution in [1.82, 2.24) is 9.97 Å². The lowest BCUT2D eigenvalue weighted by molar-refractivity contribution is 0.259. The number of nitrogens with zero attached hydrogens (tertiary/aromatic N) is 1. The minimum Gasteiger partial charge on any atom is -0.351 e. The Morgan fingerprint density at radius 3 is 3.07 bits per heavy atom.